The summed E-state index contributed by atoms with van der Waals surface area (Å²) in [5, 5.41) is 3.18. The highest BCUT2D eigenvalue weighted by molar-refractivity contribution is 7.87. The van der Waals surface area contributed by atoms with Gasteiger partial charge in [0, 0.05) is 25.7 Å². The molecule has 1 unspecified atom stereocenters. The topological polar surface area (TPSA) is 61.4 Å². The van der Waals surface area contributed by atoms with Gasteiger partial charge in [0.05, 0.1) is 0 Å². The predicted octanol–water partition coefficient (Wildman–Crippen LogP) is 0.705. The van der Waals surface area contributed by atoms with Crippen LogP contribution in [0.2, 0.25) is 0 Å². The first-order valence-electron chi connectivity index (χ1n) is 6.41. The van der Waals surface area contributed by atoms with Crippen molar-refractivity contribution < 1.29 is 8.42 Å². The maximum Gasteiger partial charge on any atom is 0.280 e. The lowest BCUT2D eigenvalue weighted by atomic mass is 10.0. The van der Waals surface area contributed by atoms with E-state index in [4.69, 9.17) is 0 Å². The molecule has 1 aliphatic rings. The van der Waals surface area contributed by atoms with E-state index in [9.17, 15) is 8.42 Å². The molecule has 0 saturated carbocycles. The van der Waals surface area contributed by atoms with Crippen molar-refractivity contribution >= 4 is 10.2 Å². The molecule has 1 atom stereocenters. The smallest absolute Gasteiger partial charge is 0.280 e. The van der Waals surface area contributed by atoms with Crippen molar-refractivity contribution in [3.05, 3.63) is 35.9 Å². The molecule has 1 fully saturated rings. The number of nitrogens with one attached hydrogen (secondary N) is 2. The highest BCUT2D eigenvalue weighted by Crippen LogP contribution is 2.16. The minimum Gasteiger partial charge on any atom is -0.315 e. The van der Waals surface area contributed by atoms with Crippen LogP contribution in [0.3, 0.4) is 0 Å². The Kier molecular flexibility index (Phi) is 4.25. The molecule has 0 bridgehead atoms. The van der Waals surface area contributed by atoms with Crippen molar-refractivity contribution in [1.82, 2.24) is 14.3 Å². The third-order valence-electron chi connectivity index (χ3n) is 3.40. The Morgan fingerprint density at radius 1 is 1.37 bits per heavy atom. The van der Waals surface area contributed by atoms with Crippen LogP contribution in [0.5, 0.6) is 0 Å². The molecular weight excluding hydrogens is 262 g/mol. The number of benzene rings is 1. The molecular formula is C13H21N3O2S. The normalized spacial score (nSPS) is 23.9. The molecule has 2 rings (SSSR count). The van der Waals surface area contributed by atoms with E-state index in [-0.39, 0.29) is 5.54 Å². The highest BCUT2D eigenvalue weighted by Gasteiger charge is 2.34. The fraction of sp³-hybridized carbons (Fsp3) is 0.538. The van der Waals surface area contributed by atoms with E-state index in [1.807, 2.05) is 37.3 Å². The lowest BCUT2D eigenvalue weighted by Gasteiger charge is -2.27. The number of hydrogen-bond acceptors (Lipinski definition) is 3. The lowest BCUT2D eigenvalue weighted by molar-refractivity contribution is 0.404. The van der Waals surface area contributed by atoms with Gasteiger partial charge in [-0.05, 0) is 25.5 Å². The first-order chi connectivity index (χ1) is 8.91. The Morgan fingerprint density at radius 3 is 2.63 bits per heavy atom. The molecule has 2 N–H and O–H groups in total. The maximum atomic E-state index is 12.3. The molecule has 0 aromatic heterocycles. The molecule has 1 heterocycles. The third kappa shape index (κ3) is 3.76. The quantitative estimate of drug-likeness (QED) is 0.836. The summed E-state index contributed by atoms with van der Waals surface area (Å²) < 4.78 is 28.7. The van der Waals surface area contributed by atoms with Crippen LogP contribution in [0, 0.1) is 0 Å². The summed E-state index contributed by atoms with van der Waals surface area (Å²) in [6, 6.07) is 9.58. The van der Waals surface area contributed by atoms with Crippen LogP contribution in [-0.2, 0) is 16.8 Å². The van der Waals surface area contributed by atoms with Crippen LogP contribution in [-0.4, -0.2) is 38.4 Å². The Labute approximate surface area is 115 Å². The zero-order valence-electron chi connectivity index (χ0n) is 11.4. The van der Waals surface area contributed by atoms with Gasteiger partial charge in [-0.3, -0.25) is 0 Å². The third-order valence-corrected chi connectivity index (χ3v) is 5.10. The Morgan fingerprint density at radius 2 is 2.05 bits per heavy atom. The molecule has 0 radical (unpaired) electrons. The first-order valence-corrected chi connectivity index (χ1v) is 7.85. The van der Waals surface area contributed by atoms with Crippen molar-refractivity contribution in [2.45, 2.75) is 25.4 Å². The van der Waals surface area contributed by atoms with Gasteiger partial charge in [-0.25, -0.2) is 0 Å². The number of hydrogen-bond donors (Lipinski definition) is 2. The zero-order chi connectivity index (χ0) is 13.9. The fourth-order valence-electron chi connectivity index (χ4n) is 2.22. The van der Waals surface area contributed by atoms with E-state index in [1.165, 1.54) is 4.31 Å². The van der Waals surface area contributed by atoms with Crippen molar-refractivity contribution in [3.8, 4) is 0 Å². The van der Waals surface area contributed by atoms with Crippen molar-refractivity contribution in [1.29, 1.82) is 0 Å². The van der Waals surface area contributed by atoms with Gasteiger partial charge in [-0.1, -0.05) is 30.3 Å². The second kappa shape index (κ2) is 5.58. The SMILES string of the molecule is CN(Cc1ccccc1)S(=O)(=O)NC1(C)CCNC1. The van der Waals surface area contributed by atoms with Gasteiger partial charge in [-0.2, -0.15) is 17.4 Å². The van der Waals surface area contributed by atoms with Crippen molar-refractivity contribution in [3.63, 3.8) is 0 Å². The molecule has 6 heteroatoms. The van der Waals surface area contributed by atoms with Crippen LogP contribution in [0.25, 0.3) is 0 Å². The van der Waals surface area contributed by atoms with Gasteiger partial charge >= 0.3 is 0 Å². The van der Waals surface area contributed by atoms with Gasteiger partial charge in [0.1, 0.15) is 0 Å². The second-order valence-corrected chi connectivity index (χ2v) is 7.11. The summed E-state index contributed by atoms with van der Waals surface area (Å²) in [5.41, 5.74) is 0.592. The van der Waals surface area contributed by atoms with Gasteiger partial charge in [0.25, 0.3) is 10.2 Å². The predicted molar refractivity (Wildman–Crippen MR) is 75.9 cm³/mol. The van der Waals surface area contributed by atoms with E-state index in [0.717, 1.165) is 18.5 Å². The first kappa shape index (κ1) is 14.5. The summed E-state index contributed by atoms with van der Waals surface area (Å²) in [6.07, 6.45) is 0.811. The van der Waals surface area contributed by atoms with Gasteiger partial charge in [-0.15, -0.1) is 0 Å². The maximum absolute atomic E-state index is 12.3. The Balaban J connectivity index is 2.03. The van der Waals surface area contributed by atoms with Crippen LogP contribution < -0.4 is 10.0 Å². The number of rotatable bonds is 5. The van der Waals surface area contributed by atoms with Gasteiger partial charge in [0.15, 0.2) is 0 Å². The van der Waals surface area contributed by atoms with E-state index in [0.29, 0.717) is 13.1 Å². The van der Waals surface area contributed by atoms with Gasteiger partial charge < -0.3 is 5.32 Å². The summed E-state index contributed by atoms with van der Waals surface area (Å²) in [7, 11) is -1.86. The minimum atomic E-state index is -3.46. The fourth-order valence-corrected chi connectivity index (χ4v) is 3.49. The van der Waals surface area contributed by atoms with E-state index in [1.54, 1.807) is 7.05 Å². The van der Waals surface area contributed by atoms with Crippen molar-refractivity contribution in [2.24, 2.45) is 0 Å². The molecule has 1 aromatic rings. The molecule has 1 saturated heterocycles. The Hall–Kier alpha value is -0.950. The summed E-state index contributed by atoms with van der Waals surface area (Å²) in [6.45, 7) is 3.83. The van der Waals surface area contributed by atoms with Gasteiger partial charge in [0.2, 0.25) is 0 Å². The summed E-state index contributed by atoms with van der Waals surface area (Å²) in [5.74, 6) is 0. The molecule has 1 aromatic carbocycles. The van der Waals surface area contributed by atoms with Crippen LogP contribution in [0.1, 0.15) is 18.9 Å². The average molecular weight is 283 g/mol. The molecule has 1 aliphatic heterocycles. The summed E-state index contributed by atoms with van der Waals surface area (Å²) >= 11 is 0. The monoisotopic (exact) mass is 283 g/mol. The Bertz CT molecular complexity index is 510. The summed E-state index contributed by atoms with van der Waals surface area (Å²) in [4.78, 5) is 0. The second-order valence-electron chi connectivity index (χ2n) is 5.34. The lowest BCUT2D eigenvalue weighted by Crippen LogP contribution is -2.51. The van der Waals surface area contributed by atoms with Crippen LogP contribution in [0.4, 0.5) is 0 Å². The highest BCUT2D eigenvalue weighted by atomic mass is 32.2. The number of nitrogens with zero attached hydrogens (tertiary/aromatic N) is 1. The molecule has 106 valence electrons. The van der Waals surface area contributed by atoms with E-state index >= 15 is 0 Å². The van der Waals surface area contributed by atoms with E-state index < -0.39 is 10.2 Å². The average Bonchev–Trinajstić information content (AvgIpc) is 2.76. The van der Waals surface area contributed by atoms with E-state index in [2.05, 4.69) is 10.0 Å². The standard InChI is InChI=1S/C13H21N3O2S/c1-13(8-9-14-11-13)15-19(17,18)16(2)10-12-6-4-3-5-7-12/h3-7,14-15H,8-11H2,1-2H3. The molecule has 0 spiro atoms. The molecule has 0 amide bonds. The minimum absolute atomic E-state index is 0.375. The van der Waals surface area contributed by atoms with Crippen LogP contribution >= 0.6 is 0 Å². The zero-order valence-corrected chi connectivity index (χ0v) is 12.2. The molecule has 0 aliphatic carbocycles. The molecule has 19 heavy (non-hydrogen) atoms. The van der Waals surface area contributed by atoms with Crippen molar-refractivity contribution in [2.75, 3.05) is 20.1 Å². The molecule has 5 nitrogen and oxygen atoms in total. The largest absolute Gasteiger partial charge is 0.315 e. The van der Waals surface area contributed by atoms with Crippen LogP contribution in [0.15, 0.2) is 30.3 Å².